The van der Waals surface area contributed by atoms with Gasteiger partial charge in [0.25, 0.3) is 5.91 Å². The van der Waals surface area contributed by atoms with Gasteiger partial charge in [0.2, 0.25) is 0 Å². The first kappa shape index (κ1) is 15.3. The molecule has 1 aliphatic heterocycles. The second-order valence-electron chi connectivity index (χ2n) is 5.64. The highest BCUT2D eigenvalue weighted by atomic mass is 35.5. The number of rotatable bonds is 5. The molecule has 0 radical (unpaired) electrons. The van der Waals surface area contributed by atoms with Crippen molar-refractivity contribution in [3.63, 3.8) is 0 Å². The van der Waals surface area contributed by atoms with E-state index in [0.717, 1.165) is 25.4 Å². The molecule has 1 saturated heterocycles. The molecule has 0 saturated carbocycles. The summed E-state index contributed by atoms with van der Waals surface area (Å²) in [6, 6.07) is 6.99. The third-order valence-corrected chi connectivity index (χ3v) is 4.17. The minimum absolute atomic E-state index is 0.0195. The zero-order valence-corrected chi connectivity index (χ0v) is 12.8. The van der Waals surface area contributed by atoms with Gasteiger partial charge < -0.3 is 10.2 Å². The van der Waals surface area contributed by atoms with Crippen molar-refractivity contribution in [3.05, 3.63) is 34.9 Å². The molecule has 1 aromatic rings. The van der Waals surface area contributed by atoms with Gasteiger partial charge in [0.05, 0.1) is 0 Å². The topological polar surface area (TPSA) is 32.3 Å². The molecular formula is C16H23ClN2O. The summed E-state index contributed by atoms with van der Waals surface area (Å²) in [5.41, 5.74) is 0.668. The van der Waals surface area contributed by atoms with Crippen LogP contribution >= 0.6 is 11.6 Å². The summed E-state index contributed by atoms with van der Waals surface area (Å²) in [6.07, 6.45) is 3.61. The summed E-state index contributed by atoms with van der Waals surface area (Å²) in [4.78, 5) is 14.4. The van der Waals surface area contributed by atoms with Crippen molar-refractivity contribution < 1.29 is 4.79 Å². The molecule has 0 aromatic heterocycles. The Bertz CT molecular complexity index is 425. The Balaban J connectivity index is 1.63. The van der Waals surface area contributed by atoms with Crippen molar-refractivity contribution in [2.24, 2.45) is 5.92 Å². The molecule has 1 heterocycles. The van der Waals surface area contributed by atoms with Crippen molar-refractivity contribution in [1.82, 2.24) is 10.2 Å². The number of benzene rings is 1. The lowest BCUT2D eigenvalue weighted by Gasteiger charge is -2.30. The Labute approximate surface area is 126 Å². The maximum absolute atomic E-state index is 11.9. The third-order valence-electron chi connectivity index (χ3n) is 3.92. The molecule has 1 aromatic carbocycles. The molecule has 0 unspecified atom stereocenters. The molecule has 20 heavy (non-hydrogen) atoms. The molecule has 1 fully saturated rings. The zero-order chi connectivity index (χ0) is 14.4. The lowest BCUT2D eigenvalue weighted by Crippen LogP contribution is -2.35. The predicted molar refractivity (Wildman–Crippen MR) is 83.2 cm³/mol. The van der Waals surface area contributed by atoms with E-state index in [1.54, 1.807) is 24.3 Å². The van der Waals surface area contributed by atoms with E-state index in [1.165, 1.54) is 25.9 Å². The Morgan fingerprint density at radius 3 is 2.60 bits per heavy atom. The molecule has 0 aliphatic carbocycles. The number of amides is 1. The fourth-order valence-corrected chi connectivity index (χ4v) is 2.62. The molecule has 1 amide bonds. The van der Waals surface area contributed by atoms with Crippen LogP contribution in [0.4, 0.5) is 0 Å². The van der Waals surface area contributed by atoms with Crippen LogP contribution in [0.15, 0.2) is 24.3 Å². The van der Waals surface area contributed by atoms with Gasteiger partial charge in [-0.25, -0.2) is 0 Å². The summed E-state index contributed by atoms with van der Waals surface area (Å²) in [5.74, 6) is 0.852. The van der Waals surface area contributed by atoms with Crippen molar-refractivity contribution in [2.75, 3.05) is 26.2 Å². The van der Waals surface area contributed by atoms with Crippen LogP contribution in [0.2, 0.25) is 5.02 Å². The van der Waals surface area contributed by atoms with Gasteiger partial charge in [-0.2, -0.15) is 0 Å². The maximum atomic E-state index is 11.9. The molecule has 1 N–H and O–H groups in total. The number of likely N-dealkylation sites (tertiary alicyclic amines) is 1. The number of carbonyl (C=O) groups is 1. The largest absolute Gasteiger partial charge is 0.352 e. The number of hydrogen-bond acceptors (Lipinski definition) is 2. The van der Waals surface area contributed by atoms with Crippen molar-refractivity contribution >= 4 is 17.5 Å². The van der Waals surface area contributed by atoms with Crippen LogP contribution < -0.4 is 5.32 Å². The van der Waals surface area contributed by atoms with Crippen molar-refractivity contribution in [3.8, 4) is 0 Å². The van der Waals surface area contributed by atoms with Gasteiger partial charge >= 0.3 is 0 Å². The van der Waals surface area contributed by atoms with Crippen LogP contribution in [0.25, 0.3) is 0 Å². The van der Waals surface area contributed by atoms with Crippen LogP contribution in [0, 0.1) is 5.92 Å². The number of hydrogen-bond donors (Lipinski definition) is 1. The van der Waals surface area contributed by atoms with Gasteiger partial charge in [-0.3, -0.25) is 4.79 Å². The lowest BCUT2D eigenvalue weighted by atomic mass is 9.99. The summed E-state index contributed by atoms with van der Waals surface area (Å²) in [7, 11) is 0. The zero-order valence-electron chi connectivity index (χ0n) is 12.1. The predicted octanol–water partition coefficient (Wildman–Crippen LogP) is 3.19. The Morgan fingerprint density at radius 2 is 1.95 bits per heavy atom. The smallest absolute Gasteiger partial charge is 0.251 e. The van der Waals surface area contributed by atoms with Gasteiger partial charge in [0.15, 0.2) is 0 Å². The summed E-state index contributed by atoms with van der Waals surface area (Å²) in [5, 5.41) is 3.61. The SMILES string of the molecule is CC1CCN(CCCNC(=O)c2ccc(Cl)cc2)CC1. The molecule has 3 nitrogen and oxygen atoms in total. The van der Waals surface area contributed by atoms with Crippen LogP contribution in [0.3, 0.4) is 0 Å². The molecule has 110 valence electrons. The third kappa shape index (κ3) is 4.80. The number of halogens is 1. The van der Waals surface area contributed by atoms with Crippen molar-refractivity contribution in [2.45, 2.75) is 26.2 Å². The maximum Gasteiger partial charge on any atom is 0.251 e. The van der Waals surface area contributed by atoms with E-state index in [1.807, 2.05) is 0 Å². The van der Waals surface area contributed by atoms with Crippen LogP contribution in [0.5, 0.6) is 0 Å². The first-order chi connectivity index (χ1) is 9.65. The van der Waals surface area contributed by atoms with Gasteiger partial charge in [0, 0.05) is 17.1 Å². The summed E-state index contributed by atoms with van der Waals surface area (Å²) >= 11 is 5.80. The van der Waals surface area contributed by atoms with E-state index in [0.29, 0.717) is 10.6 Å². The van der Waals surface area contributed by atoms with Crippen molar-refractivity contribution in [1.29, 1.82) is 0 Å². The highest BCUT2D eigenvalue weighted by Gasteiger charge is 2.14. The molecule has 0 spiro atoms. The quantitative estimate of drug-likeness (QED) is 0.846. The average molecular weight is 295 g/mol. The van der Waals surface area contributed by atoms with E-state index in [9.17, 15) is 4.79 Å². The Morgan fingerprint density at radius 1 is 1.30 bits per heavy atom. The summed E-state index contributed by atoms with van der Waals surface area (Å²) < 4.78 is 0. The minimum atomic E-state index is -0.0195. The van der Waals surface area contributed by atoms with Gasteiger partial charge in [0.1, 0.15) is 0 Å². The first-order valence-corrected chi connectivity index (χ1v) is 7.79. The Hall–Kier alpha value is -1.06. The molecule has 1 aliphatic rings. The summed E-state index contributed by atoms with van der Waals surface area (Å²) in [6.45, 7) is 6.53. The Kier molecular flexibility index (Phi) is 5.86. The number of nitrogens with zero attached hydrogens (tertiary/aromatic N) is 1. The fourth-order valence-electron chi connectivity index (χ4n) is 2.49. The van der Waals surface area contributed by atoms with E-state index in [2.05, 4.69) is 17.1 Å². The highest BCUT2D eigenvalue weighted by Crippen LogP contribution is 2.15. The van der Waals surface area contributed by atoms with Gasteiger partial charge in [-0.15, -0.1) is 0 Å². The monoisotopic (exact) mass is 294 g/mol. The molecule has 0 atom stereocenters. The lowest BCUT2D eigenvalue weighted by molar-refractivity contribution is 0.0950. The van der Waals surface area contributed by atoms with E-state index >= 15 is 0 Å². The number of nitrogens with one attached hydrogen (secondary N) is 1. The second-order valence-corrected chi connectivity index (χ2v) is 6.08. The van der Waals surface area contributed by atoms with E-state index in [4.69, 9.17) is 11.6 Å². The first-order valence-electron chi connectivity index (χ1n) is 7.41. The van der Waals surface area contributed by atoms with Gasteiger partial charge in [-0.1, -0.05) is 18.5 Å². The second kappa shape index (κ2) is 7.65. The normalized spacial score (nSPS) is 17.1. The van der Waals surface area contributed by atoms with Gasteiger partial charge in [-0.05, 0) is 69.1 Å². The van der Waals surface area contributed by atoms with Crippen LogP contribution in [0.1, 0.15) is 36.5 Å². The average Bonchev–Trinajstić information content (AvgIpc) is 2.46. The molecular weight excluding hydrogens is 272 g/mol. The highest BCUT2D eigenvalue weighted by molar-refractivity contribution is 6.30. The minimum Gasteiger partial charge on any atom is -0.352 e. The number of carbonyl (C=O) groups excluding carboxylic acids is 1. The molecule has 0 bridgehead atoms. The van der Waals surface area contributed by atoms with E-state index < -0.39 is 0 Å². The molecule has 2 rings (SSSR count). The number of piperidine rings is 1. The standard InChI is InChI=1S/C16H23ClN2O/c1-13-7-11-19(12-8-13)10-2-9-18-16(20)14-3-5-15(17)6-4-14/h3-6,13H,2,7-12H2,1H3,(H,18,20). The van der Waals surface area contributed by atoms with E-state index in [-0.39, 0.29) is 5.91 Å². The van der Waals surface area contributed by atoms with Crippen LogP contribution in [-0.4, -0.2) is 37.0 Å². The molecule has 4 heteroatoms. The fraction of sp³-hybridized carbons (Fsp3) is 0.562. The van der Waals surface area contributed by atoms with Crippen LogP contribution in [-0.2, 0) is 0 Å².